The van der Waals surface area contributed by atoms with Gasteiger partial charge in [-0.05, 0) is 24.3 Å². The molecule has 1 aliphatic heterocycles. The third kappa shape index (κ3) is 2.14. The maximum Gasteiger partial charge on any atom is 0.416 e. The summed E-state index contributed by atoms with van der Waals surface area (Å²) in [5.41, 5.74) is 0.228. The van der Waals surface area contributed by atoms with E-state index in [1.165, 1.54) is 12.1 Å². The van der Waals surface area contributed by atoms with Crippen molar-refractivity contribution in [3.8, 4) is 0 Å². The van der Waals surface area contributed by atoms with Crippen molar-refractivity contribution in [3.63, 3.8) is 0 Å². The third-order valence-corrected chi connectivity index (χ3v) is 2.38. The van der Waals surface area contributed by atoms with Crippen LogP contribution >= 0.6 is 0 Å². The minimum atomic E-state index is -4.25. The first kappa shape index (κ1) is 10.1. The molecule has 0 radical (unpaired) electrons. The number of nitrogens with zero attached hydrogens (tertiary/aromatic N) is 1. The zero-order valence-electron chi connectivity index (χ0n) is 7.96. The van der Waals surface area contributed by atoms with E-state index in [1.54, 1.807) is 0 Å². The molecule has 1 heterocycles. The lowest BCUT2D eigenvalue weighted by molar-refractivity contribution is -0.137. The van der Waals surface area contributed by atoms with E-state index in [4.69, 9.17) is 0 Å². The van der Waals surface area contributed by atoms with Crippen LogP contribution < -0.4 is 4.90 Å². The van der Waals surface area contributed by atoms with Gasteiger partial charge in [-0.2, -0.15) is 13.2 Å². The number of hydrogen-bond donors (Lipinski definition) is 0. The Labute approximate surface area is 85.8 Å². The fourth-order valence-electron chi connectivity index (χ4n) is 1.55. The number of halogens is 3. The zero-order chi connectivity index (χ0) is 10.9. The highest BCUT2D eigenvalue weighted by atomic mass is 19.4. The van der Waals surface area contributed by atoms with Gasteiger partial charge in [-0.1, -0.05) is 12.2 Å². The smallest absolute Gasteiger partial charge is 0.364 e. The molecule has 0 aromatic heterocycles. The minimum Gasteiger partial charge on any atom is -0.364 e. The topological polar surface area (TPSA) is 3.24 Å². The Bertz CT molecular complexity index is 356. The molecule has 1 nitrogen and oxygen atoms in total. The van der Waals surface area contributed by atoms with Crippen LogP contribution in [0.4, 0.5) is 18.9 Å². The Morgan fingerprint density at radius 1 is 0.933 bits per heavy atom. The average molecular weight is 213 g/mol. The molecule has 0 spiro atoms. The van der Waals surface area contributed by atoms with Crippen molar-refractivity contribution in [2.75, 3.05) is 18.0 Å². The van der Waals surface area contributed by atoms with Crippen LogP contribution in [0.15, 0.2) is 36.4 Å². The second kappa shape index (κ2) is 3.61. The number of alkyl halides is 3. The monoisotopic (exact) mass is 213 g/mol. The quantitative estimate of drug-likeness (QED) is 0.648. The van der Waals surface area contributed by atoms with Crippen molar-refractivity contribution >= 4 is 5.69 Å². The van der Waals surface area contributed by atoms with Crippen molar-refractivity contribution in [2.24, 2.45) is 0 Å². The van der Waals surface area contributed by atoms with Crippen molar-refractivity contribution in [3.05, 3.63) is 42.0 Å². The second-order valence-electron chi connectivity index (χ2n) is 3.42. The van der Waals surface area contributed by atoms with Crippen LogP contribution in [0.2, 0.25) is 0 Å². The number of anilines is 1. The Morgan fingerprint density at radius 2 is 1.47 bits per heavy atom. The summed E-state index contributed by atoms with van der Waals surface area (Å²) in [6, 6.07) is 5.26. The largest absolute Gasteiger partial charge is 0.416 e. The first-order valence-corrected chi connectivity index (χ1v) is 4.64. The predicted octanol–water partition coefficient (Wildman–Crippen LogP) is 3.08. The molecule has 0 unspecified atom stereocenters. The van der Waals surface area contributed by atoms with Gasteiger partial charge in [0.1, 0.15) is 0 Å². The van der Waals surface area contributed by atoms with Gasteiger partial charge in [0, 0.05) is 18.8 Å². The number of rotatable bonds is 1. The van der Waals surface area contributed by atoms with E-state index in [1.807, 2.05) is 17.1 Å². The van der Waals surface area contributed by atoms with Gasteiger partial charge in [-0.15, -0.1) is 0 Å². The summed E-state index contributed by atoms with van der Waals surface area (Å²) in [7, 11) is 0. The van der Waals surface area contributed by atoms with E-state index >= 15 is 0 Å². The molecule has 0 bridgehead atoms. The van der Waals surface area contributed by atoms with Crippen LogP contribution in [0.1, 0.15) is 5.56 Å². The van der Waals surface area contributed by atoms with E-state index in [9.17, 15) is 13.2 Å². The van der Waals surface area contributed by atoms with Gasteiger partial charge in [-0.25, -0.2) is 0 Å². The van der Waals surface area contributed by atoms with Crippen LogP contribution in [0.3, 0.4) is 0 Å². The van der Waals surface area contributed by atoms with Crippen molar-refractivity contribution < 1.29 is 13.2 Å². The SMILES string of the molecule is FC(F)(F)c1ccc(N2CC=CC2)cc1. The van der Waals surface area contributed by atoms with E-state index in [2.05, 4.69) is 0 Å². The molecule has 1 aromatic carbocycles. The molecule has 0 aliphatic carbocycles. The molecule has 0 saturated carbocycles. The lowest BCUT2D eigenvalue weighted by Gasteiger charge is -2.18. The van der Waals surface area contributed by atoms with Gasteiger partial charge in [0.2, 0.25) is 0 Å². The molecule has 1 aliphatic rings. The minimum absolute atomic E-state index is 0.599. The average Bonchev–Trinajstić information content (AvgIpc) is 2.69. The van der Waals surface area contributed by atoms with Gasteiger partial charge >= 0.3 is 6.18 Å². The maximum absolute atomic E-state index is 12.3. The number of hydrogen-bond acceptors (Lipinski definition) is 1. The highest BCUT2D eigenvalue weighted by molar-refractivity contribution is 5.50. The van der Waals surface area contributed by atoms with Crippen LogP contribution in [-0.4, -0.2) is 13.1 Å². The summed E-state index contributed by atoms with van der Waals surface area (Å²) in [5, 5.41) is 0. The number of benzene rings is 1. The molecule has 0 N–H and O–H groups in total. The zero-order valence-corrected chi connectivity index (χ0v) is 7.96. The van der Waals surface area contributed by atoms with Crippen molar-refractivity contribution in [1.82, 2.24) is 0 Å². The van der Waals surface area contributed by atoms with Gasteiger partial charge in [0.15, 0.2) is 0 Å². The summed E-state index contributed by atoms with van der Waals surface area (Å²) < 4.78 is 36.8. The molecule has 0 amide bonds. The van der Waals surface area contributed by atoms with Crippen LogP contribution in [0.25, 0.3) is 0 Å². The first-order chi connectivity index (χ1) is 7.07. The molecule has 2 rings (SSSR count). The Balaban J connectivity index is 2.17. The van der Waals surface area contributed by atoms with Gasteiger partial charge in [-0.3, -0.25) is 0 Å². The van der Waals surface area contributed by atoms with Gasteiger partial charge in [0.25, 0.3) is 0 Å². The van der Waals surface area contributed by atoms with Crippen LogP contribution in [-0.2, 0) is 6.18 Å². The molecule has 80 valence electrons. The standard InChI is InChI=1S/C11H10F3N/c12-11(13,14)9-3-5-10(6-4-9)15-7-1-2-8-15/h1-6H,7-8H2. The molecule has 4 heteroatoms. The first-order valence-electron chi connectivity index (χ1n) is 4.64. The summed E-state index contributed by atoms with van der Waals surface area (Å²) in [6.45, 7) is 1.54. The van der Waals surface area contributed by atoms with Crippen molar-refractivity contribution in [2.45, 2.75) is 6.18 Å². The predicted molar refractivity (Wildman–Crippen MR) is 52.8 cm³/mol. The highest BCUT2D eigenvalue weighted by Gasteiger charge is 2.30. The normalized spacial score (nSPS) is 16.1. The maximum atomic E-state index is 12.3. The lowest BCUT2D eigenvalue weighted by atomic mass is 10.2. The Hall–Kier alpha value is -1.45. The van der Waals surface area contributed by atoms with Crippen LogP contribution in [0.5, 0.6) is 0 Å². The molecule has 15 heavy (non-hydrogen) atoms. The van der Waals surface area contributed by atoms with Crippen LogP contribution in [0, 0.1) is 0 Å². The third-order valence-electron chi connectivity index (χ3n) is 2.38. The fourth-order valence-corrected chi connectivity index (χ4v) is 1.55. The highest BCUT2D eigenvalue weighted by Crippen LogP contribution is 2.30. The van der Waals surface area contributed by atoms with E-state index < -0.39 is 11.7 Å². The molecule has 0 fully saturated rings. The van der Waals surface area contributed by atoms with Gasteiger partial charge in [0.05, 0.1) is 5.56 Å². The Morgan fingerprint density at radius 3 is 1.93 bits per heavy atom. The summed E-state index contributed by atoms with van der Waals surface area (Å²) in [5.74, 6) is 0. The van der Waals surface area contributed by atoms with E-state index in [0.717, 1.165) is 30.9 Å². The lowest BCUT2D eigenvalue weighted by Crippen LogP contribution is -2.18. The second-order valence-corrected chi connectivity index (χ2v) is 3.42. The van der Waals surface area contributed by atoms with E-state index in [-0.39, 0.29) is 0 Å². The molecule has 0 saturated heterocycles. The fraction of sp³-hybridized carbons (Fsp3) is 0.273. The summed E-state index contributed by atoms with van der Waals surface area (Å²) in [4.78, 5) is 2.00. The van der Waals surface area contributed by atoms with Gasteiger partial charge < -0.3 is 4.90 Å². The molecular weight excluding hydrogens is 203 g/mol. The Kier molecular flexibility index (Phi) is 2.42. The summed E-state index contributed by atoms with van der Waals surface area (Å²) in [6.07, 6.45) is -0.253. The molecular formula is C11H10F3N. The molecule has 1 aromatic rings. The van der Waals surface area contributed by atoms with E-state index in [0.29, 0.717) is 0 Å². The summed E-state index contributed by atoms with van der Waals surface area (Å²) >= 11 is 0. The molecule has 0 atom stereocenters. The van der Waals surface area contributed by atoms with Crippen molar-refractivity contribution in [1.29, 1.82) is 0 Å².